The smallest absolute Gasteiger partial charge is 0.417 e. The largest absolute Gasteiger partial charge is 0.443 e. The molecule has 3 aliphatic carbocycles. The molecule has 34 heavy (non-hydrogen) atoms. The Kier molecular flexibility index (Phi) is 6.01. The molecule has 3 fully saturated rings. The van der Waals surface area contributed by atoms with Gasteiger partial charge in [0.15, 0.2) is 0 Å². The van der Waals surface area contributed by atoms with E-state index in [1.807, 2.05) is 41.5 Å². The molecule has 0 spiro atoms. The lowest BCUT2D eigenvalue weighted by molar-refractivity contribution is -0.143. The Morgan fingerprint density at radius 1 is 1.00 bits per heavy atom. The van der Waals surface area contributed by atoms with Crippen molar-refractivity contribution in [2.75, 3.05) is 0 Å². The van der Waals surface area contributed by atoms with Crippen LogP contribution >= 0.6 is 0 Å². The summed E-state index contributed by atoms with van der Waals surface area (Å²) in [6.07, 6.45) is 8.98. The minimum absolute atomic E-state index is 0.0126. The van der Waals surface area contributed by atoms with E-state index in [0.29, 0.717) is 17.8 Å². The van der Waals surface area contributed by atoms with Crippen molar-refractivity contribution in [3.8, 4) is 0 Å². The predicted octanol–water partition coefficient (Wildman–Crippen LogP) is 5.46. The summed E-state index contributed by atoms with van der Waals surface area (Å²) in [4.78, 5) is 40.5. The summed E-state index contributed by atoms with van der Waals surface area (Å²) in [5.41, 5.74) is -1.12. The van der Waals surface area contributed by atoms with E-state index >= 15 is 0 Å². The molecule has 0 radical (unpaired) electrons. The Morgan fingerprint density at radius 3 is 2.29 bits per heavy atom. The van der Waals surface area contributed by atoms with Gasteiger partial charge in [-0.3, -0.25) is 9.59 Å². The van der Waals surface area contributed by atoms with Gasteiger partial charge in [0, 0.05) is 22.9 Å². The van der Waals surface area contributed by atoms with E-state index in [-0.39, 0.29) is 40.1 Å². The number of carbonyl (C=O) groups is 3. The van der Waals surface area contributed by atoms with Gasteiger partial charge in [-0.2, -0.15) is 0 Å². The Morgan fingerprint density at radius 2 is 1.68 bits per heavy atom. The molecular formula is C28H44N2O4. The summed E-state index contributed by atoms with van der Waals surface area (Å²) in [5, 5.41) is 3.24. The number of ether oxygens (including phenoxy) is 1. The van der Waals surface area contributed by atoms with Crippen LogP contribution in [0.1, 0.15) is 93.9 Å². The normalized spacial score (nSPS) is 39.7. The van der Waals surface area contributed by atoms with Crippen molar-refractivity contribution in [1.29, 1.82) is 0 Å². The third-order valence-corrected chi connectivity index (χ3v) is 9.27. The first-order valence-corrected chi connectivity index (χ1v) is 13.1. The number of fused-ring (bicyclic) bond motifs is 5. The highest BCUT2D eigenvalue weighted by molar-refractivity contribution is 6.00. The number of nitrogens with zero attached hydrogens (tertiary/aromatic N) is 1. The predicted molar refractivity (Wildman–Crippen MR) is 132 cm³/mol. The topological polar surface area (TPSA) is 75.7 Å². The van der Waals surface area contributed by atoms with Crippen LogP contribution in [-0.4, -0.2) is 40.0 Å². The summed E-state index contributed by atoms with van der Waals surface area (Å²) in [6.45, 7) is 16.2. The Labute approximate surface area is 205 Å². The number of nitrogens with one attached hydrogen (secondary N) is 1. The Balaban J connectivity index is 1.58. The van der Waals surface area contributed by atoms with E-state index in [4.69, 9.17) is 4.74 Å². The second-order valence-electron chi connectivity index (χ2n) is 13.8. The molecule has 0 aromatic heterocycles. The van der Waals surface area contributed by atoms with Crippen LogP contribution in [0.15, 0.2) is 12.2 Å². The number of hydrogen-bond donors (Lipinski definition) is 1. The second kappa shape index (κ2) is 8.09. The van der Waals surface area contributed by atoms with Gasteiger partial charge >= 0.3 is 6.09 Å². The molecule has 6 nitrogen and oxygen atoms in total. The van der Waals surface area contributed by atoms with Crippen molar-refractivity contribution in [2.45, 2.75) is 111 Å². The number of imide groups is 1. The minimum Gasteiger partial charge on any atom is -0.443 e. The highest BCUT2D eigenvalue weighted by Crippen LogP contribution is 2.65. The molecule has 3 saturated carbocycles. The van der Waals surface area contributed by atoms with Crippen molar-refractivity contribution in [2.24, 2.45) is 34.5 Å². The standard InChI is InChI=1S/C28H44N2O4/c1-25(2,3)29-23(32)20-11-10-18-17-9-12-21-28(8,19(17)13-15-27(18,20)7)16-14-22(31)30(21)24(33)34-26(4,5)6/h14,16-21H,9-13,15H2,1-8H3,(H,29,32)/t17-,18-,19-,20+,21+,27-,28+/m0/s1. The quantitative estimate of drug-likeness (QED) is 0.550. The van der Waals surface area contributed by atoms with Gasteiger partial charge in [0.05, 0.1) is 6.04 Å². The number of rotatable bonds is 1. The van der Waals surface area contributed by atoms with E-state index < -0.39 is 11.7 Å². The minimum atomic E-state index is -0.648. The van der Waals surface area contributed by atoms with Crippen molar-refractivity contribution in [3.05, 3.63) is 12.2 Å². The summed E-state index contributed by atoms with van der Waals surface area (Å²) in [5.74, 6) is 1.39. The zero-order valence-corrected chi connectivity index (χ0v) is 22.4. The van der Waals surface area contributed by atoms with Gasteiger partial charge in [0.1, 0.15) is 5.60 Å². The van der Waals surface area contributed by atoms with E-state index in [1.165, 1.54) is 4.90 Å². The maximum atomic E-state index is 13.2. The SMILES string of the molecule is CC(C)(C)NC(=O)[C@H]1CC[C@H]2[C@@H]3CC[C@H]4N(C(=O)OC(C)(C)C)C(=O)C=C[C@]4(C)[C@H]3CC[C@]12C. The van der Waals surface area contributed by atoms with Gasteiger partial charge in [0.25, 0.3) is 5.91 Å². The molecule has 3 amide bonds. The second-order valence-corrected chi connectivity index (χ2v) is 13.8. The van der Waals surface area contributed by atoms with Gasteiger partial charge in [-0.25, -0.2) is 9.69 Å². The summed E-state index contributed by atoms with van der Waals surface area (Å²) in [7, 11) is 0. The maximum Gasteiger partial charge on any atom is 0.417 e. The average molecular weight is 473 g/mol. The van der Waals surface area contributed by atoms with Crippen LogP contribution in [-0.2, 0) is 14.3 Å². The highest BCUT2D eigenvalue weighted by atomic mass is 16.6. The fraction of sp³-hybridized carbons (Fsp3) is 0.821. The first-order valence-electron chi connectivity index (χ1n) is 13.1. The molecule has 0 saturated heterocycles. The molecule has 7 atom stereocenters. The number of hydrogen-bond acceptors (Lipinski definition) is 4. The molecule has 0 unspecified atom stereocenters. The van der Waals surface area contributed by atoms with Gasteiger partial charge in [-0.15, -0.1) is 0 Å². The summed E-state index contributed by atoms with van der Waals surface area (Å²) >= 11 is 0. The molecule has 6 heteroatoms. The van der Waals surface area contributed by atoms with Crippen LogP contribution in [0.4, 0.5) is 4.79 Å². The summed E-state index contributed by atoms with van der Waals surface area (Å²) in [6, 6.07) is -0.174. The van der Waals surface area contributed by atoms with Gasteiger partial charge in [-0.05, 0) is 103 Å². The Bertz CT molecular complexity index is 897. The van der Waals surface area contributed by atoms with Crippen LogP contribution in [0.2, 0.25) is 0 Å². The van der Waals surface area contributed by atoms with Crippen LogP contribution in [0.3, 0.4) is 0 Å². The molecule has 4 rings (SSSR count). The van der Waals surface area contributed by atoms with E-state index in [0.717, 1.165) is 38.5 Å². The van der Waals surface area contributed by atoms with Crippen LogP contribution in [0.25, 0.3) is 0 Å². The molecule has 1 aliphatic heterocycles. The van der Waals surface area contributed by atoms with Crippen molar-refractivity contribution < 1.29 is 19.1 Å². The van der Waals surface area contributed by atoms with Gasteiger partial charge < -0.3 is 10.1 Å². The first-order chi connectivity index (χ1) is 15.6. The first kappa shape index (κ1) is 25.2. The zero-order chi connectivity index (χ0) is 25.3. The highest BCUT2D eigenvalue weighted by Gasteiger charge is 2.62. The molecule has 0 aromatic rings. The average Bonchev–Trinajstić information content (AvgIpc) is 3.03. The third kappa shape index (κ3) is 4.19. The van der Waals surface area contributed by atoms with Crippen LogP contribution in [0.5, 0.6) is 0 Å². The fourth-order valence-electron chi connectivity index (χ4n) is 7.91. The molecule has 190 valence electrons. The molecule has 1 heterocycles. The molecule has 0 aromatic carbocycles. The summed E-state index contributed by atoms with van der Waals surface area (Å²) < 4.78 is 5.63. The lowest BCUT2D eigenvalue weighted by Gasteiger charge is -2.60. The van der Waals surface area contributed by atoms with Crippen molar-refractivity contribution in [1.82, 2.24) is 10.2 Å². The third-order valence-electron chi connectivity index (χ3n) is 9.27. The Hall–Kier alpha value is -1.85. The van der Waals surface area contributed by atoms with Crippen LogP contribution in [0, 0.1) is 34.5 Å². The van der Waals surface area contributed by atoms with Crippen LogP contribution < -0.4 is 5.32 Å². The van der Waals surface area contributed by atoms with Gasteiger partial charge in [0.2, 0.25) is 5.91 Å². The van der Waals surface area contributed by atoms with Crippen molar-refractivity contribution in [3.63, 3.8) is 0 Å². The van der Waals surface area contributed by atoms with E-state index in [1.54, 1.807) is 6.08 Å². The lowest BCUT2D eigenvalue weighted by atomic mass is 9.47. The molecular weight excluding hydrogens is 428 g/mol. The molecule has 0 bridgehead atoms. The van der Waals surface area contributed by atoms with Gasteiger partial charge in [-0.1, -0.05) is 19.9 Å². The lowest BCUT2D eigenvalue weighted by Crippen LogP contribution is -2.62. The van der Waals surface area contributed by atoms with E-state index in [9.17, 15) is 14.4 Å². The van der Waals surface area contributed by atoms with Crippen molar-refractivity contribution >= 4 is 17.9 Å². The maximum absolute atomic E-state index is 13.2. The van der Waals surface area contributed by atoms with E-state index in [2.05, 4.69) is 25.2 Å². The fourth-order valence-corrected chi connectivity index (χ4v) is 7.91. The molecule has 1 N–H and O–H groups in total. The number of carbonyl (C=O) groups excluding carboxylic acids is 3. The number of amides is 3. The zero-order valence-electron chi connectivity index (χ0n) is 22.4. The monoisotopic (exact) mass is 472 g/mol. The molecule has 4 aliphatic rings.